The molecule has 0 radical (unpaired) electrons. The van der Waals surface area contributed by atoms with E-state index in [2.05, 4.69) is 73.7 Å². The normalized spacial score (nSPS) is 10.8. The first-order valence-corrected chi connectivity index (χ1v) is 17.2. The Bertz CT molecular complexity index is 1660. The van der Waals surface area contributed by atoms with Crippen LogP contribution in [0.15, 0.2) is 57.5 Å². The molecule has 0 heterocycles. The monoisotopic (exact) mass is 781 g/mol. The van der Waals surface area contributed by atoms with Crippen molar-refractivity contribution in [3.63, 3.8) is 0 Å². The largest absolute Gasteiger partial charge is 0.489 e. The highest BCUT2D eigenvalue weighted by Gasteiger charge is 2.23. The summed E-state index contributed by atoms with van der Waals surface area (Å²) < 4.78 is 12.9. The number of aryl methyl sites for hydroxylation is 6. The van der Waals surface area contributed by atoms with Gasteiger partial charge in [0, 0.05) is 11.4 Å². The first-order valence-electron chi connectivity index (χ1n) is 15.6. The van der Waals surface area contributed by atoms with Crippen molar-refractivity contribution in [2.45, 2.75) is 81.4 Å². The molecular weight excluding hydrogens is 738 g/mol. The number of anilines is 4. The summed E-state index contributed by atoms with van der Waals surface area (Å²) in [5, 5.41) is 16.3. The van der Waals surface area contributed by atoms with Gasteiger partial charge in [-0.1, -0.05) is 35.4 Å². The summed E-state index contributed by atoms with van der Waals surface area (Å²) in [6.07, 6.45) is -0.199. The first-order chi connectivity index (χ1) is 22.4. The fourth-order valence-corrected chi connectivity index (χ4v) is 6.35. The van der Waals surface area contributed by atoms with E-state index < -0.39 is 11.9 Å². The maximum atomic E-state index is 12.1. The number of carbonyl (C=O) groups excluding carboxylic acids is 1. The van der Waals surface area contributed by atoms with Crippen LogP contribution >= 0.6 is 31.9 Å². The van der Waals surface area contributed by atoms with Gasteiger partial charge in [0.05, 0.1) is 32.5 Å². The number of carboxylic acids is 1. The van der Waals surface area contributed by atoms with Crippen molar-refractivity contribution in [2.24, 2.45) is 5.73 Å². The minimum atomic E-state index is -1.03. The highest BCUT2D eigenvalue weighted by molar-refractivity contribution is 9.11. The van der Waals surface area contributed by atoms with E-state index in [1.165, 1.54) is 11.1 Å². The lowest BCUT2D eigenvalue weighted by Gasteiger charge is -2.20. The molecule has 0 unspecified atom stereocenters. The molecule has 0 aliphatic carbocycles. The van der Waals surface area contributed by atoms with Crippen LogP contribution in [0.3, 0.4) is 0 Å². The molecule has 1 amide bonds. The van der Waals surface area contributed by atoms with E-state index in [4.69, 9.17) is 15.2 Å². The zero-order valence-electron chi connectivity index (χ0n) is 29.2. The van der Waals surface area contributed by atoms with Crippen LogP contribution < -0.4 is 25.8 Å². The topological polar surface area (TPSA) is 123 Å². The molecule has 0 aliphatic heterocycles. The Morgan fingerprint density at radius 2 is 0.979 bits per heavy atom. The zero-order valence-corrected chi connectivity index (χ0v) is 32.4. The lowest BCUT2D eigenvalue weighted by atomic mass is 10.0. The summed E-state index contributed by atoms with van der Waals surface area (Å²) in [6, 6.07) is 15.6. The number of halogens is 2. The van der Waals surface area contributed by atoms with Gasteiger partial charge in [0.25, 0.3) is 5.91 Å². The maximum Gasteiger partial charge on any atom is 0.341 e. The number of aromatic carboxylic acids is 1. The molecule has 4 aromatic carbocycles. The summed E-state index contributed by atoms with van der Waals surface area (Å²) in [6.45, 7) is 19.7. The fourth-order valence-electron chi connectivity index (χ4n) is 5.51. The number of nitrogens with two attached hydrogens (primary N) is 1. The predicted molar refractivity (Wildman–Crippen MR) is 203 cm³/mol. The number of hydrogen-bond acceptors (Lipinski definition) is 6. The van der Waals surface area contributed by atoms with Gasteiger partial charge in [-0.05, 0) is 148 Å². The van der Waals surface area contributed by atoms with Crippen molar-refractivity contribution < 1.29 is 24.2 Å². The Balaban J connectivity index is 0.000000260. The summed E-state index contributed by atoms with van der Waals surface area (Å²) in [5.74, 6) is -0.761. The second-order valence-electron chi connectivity index (χ2n) is 12.4. The second-order valence-corrected chi connectivity index (χ2v) is 14.1. The molecule has 5 N–H and O–H groups in total. The van der Waals surface area contributed by atoms with Crippen molar-refractivity contribution in [1.29, 1.82) is 0 Å². The molecule has 0 saturated carbocycles. The third-order valence-electron chi connectivity index (χ3n) is 7.26. The van der Waals surface area contributed by atoms with Gasteiger partial charge in [0.1, 0.15) is 16.9 Å². The Hall–Kier alpha value is -4.02. The third kappa shape index (κ3) is 9.54. The maximum absolute atomic E-state index is 12.1. The standard InChI is InChI=1S/C19H23BrN2O2.C19H22BrNO3/c1-10(2)24-18-14(20)6-7-15(16(18)19(21)23)22-17-12(4)8-11(3)9-13(17)5;1-10(2)24-18-14(20)6-7-15(16(18)19(22)23)21-17-12(4)8-11(3)9-13(17)5/h6-10,22H,1-5H3,(H2,21,23);6-10,21H,1-5H3,(H,22,23). The minimum Gasteiger partial charge on any atom is -0.489 e. The van der Waals surface area contributed by atoms with Gasteiger partial charge in [-0.3, -0.25) is 4.79 Å². The highest BCUT2D eigenvalue weighted by atomic mass is 79.9. The summed E-state index contributed by atoms with van der Waals surface area (Å²) in [5.41, 5.74) is 15.9. The molecule has 4 aromatic rings. The van der Waals surface area contributed by atoms with Crippen LogP contribution in [0.1, 0.15) is 81.8 Å². The number of ether oxygens (including phenoxy) is 2. The summed E-state index contributed by atoms with van der Waals surface area (Å²) in [4.78, 5) is 23.9. The molecule has 4 rings (SSSR count). The van der Waals surface area contributed by atoms with Gasteiger partial charge >= 0.3 is 5.97 Å². The molecule has 0 spiro atoms. The first kappa shape index (κ1) is 38.4. The van der Waals surface area contributed by atoms with Crippen molar-refractivity contribution in [3.8, 4) is 11.5 Å². The fraction of sp³-hybridized carbons (Fsp3) is 0.316. The van der Waals surface area contributed by atoms with E-state index in [0.717, 1.165) is 33.6 Å². The third-order valence-corrected chi connectivity index (χ3v) is 8.51. The van der Waals surface area contributed by atoms with E-state index in [-0.39, 0.29) is 17.8 Å². The molecule has 0 aliphatic rings. The van der Waals surface area contributed by atoms with Crippen LogP contribution in [0, 0.1) is 41.5 Å². The van der Waals surface area contributed by atoms with Gasteiger partial charge in [-0.15, -0.1) is 0 Å². The highest BCUT2D eigenvalue weighted by Crippen LogP contribution is 2.39. The summed E-state index contributed by atoms with van der Waals surface area (Å²) >= 11 is 6.83. The molecule has 0 atom stereocenters. The van der Waals surface area contributed by atoms with Crippen molar-refractivity contribution >= 4 is 66.5 Å². The van der Waals surface area contributed by atoms with Gasteiger partial charge in [0.15, 0.2) is 5.75 Å². The van der Waals surface area contributed by atoms with E-state index >= 15 is 0 Å². The average molecular weight is 784 g/mol. The van der Waals surface area contributed by atoms with Crippen LogP contribution in [-0.2, 0) is 0 Å². The van der Waals surface area contributed by atoms with E-state index in [1.807, 2.05) is 74.4 Å². The number of benzene rings is 4. The van der Waals surface area contributed by atoms with Gasteiger partial charge in [-0.25, -0.2) is 4.79 Å². The molecule has 256 valence electrons. The van der Waals surface area contributed by atoms with Crippen LogP contribution in [0.25, 0.3) is 0 Å². The number of carboxylic acid groups (broad SMARTS) is 1. The molecule has 48 heavy (non-hydrogen) atoms. The average Bonchev–Trinajstić information content (AvgIpc) is 2.95. The molecule has 10 heteroatoms. The Morgan fingerprint density at radius 1 is 0.646 bits per heavy atom. The number of carbonyl (C=O) groups is 2. The Morgan fingerprint density at radius 3 is 1.29 bits per heavy atom. The lowest BCUT2D eigenvalue weighted by Crippen LogP contribution is -2.18. The van der Waals surface area contributed by atoms with E-state index in [1.54, 1.807) is 12.1 Å². The smallest absolute Gasteiger partial charge is 0.341 e. The molecule has 0 fully saturated rings. The van der Waals surface area contributed by atoms with Crippen LogP contribution in [0.4, 0.5) is 22.7 Å². The number of nitrogens with one attached hydrogen (secondary N) is 2. The van der Waals surface area contributed by atoms with Gasteiger partial charge in [0.2, 0.25) is 0 Å². The Labute approximate surface area is 300 Å². The molecule has 0 saturated heterocycles. The summed E-state index contributed by atoms with van der Waals surface area (Å²) in [7, 11) is 0. The molecule has 0 bridgehead atoms. The van der Waals surface area contributed by atoms with Crippen molar-refractivity contribution in [3.05, 3.63) is 102 Å². The SMILES string of the molecule is Cc1cc(C)c(Nc2ccc(Br)c(OC(C)C)c2C(=O)O)c(C)c1.Cc1cc(C)c(Nc2ccc(Br)c(OC(C)C)c2C(N)=O)c(C)c1. The van der Waals surface area contributed by atoms with Crippen molar-refractivity contribution in [2.75, 3.05) is 10.6 Å². The lowest BCUT2D eigenvalue weighted by molar-refractivity contribution is 0.0691. The number of primary amides is 1. The van der Waals surface area contributed by atoms with Crippen molar-refractivity contribution in [1.82, 2.24) is 0 Å². The second kappa shape index (κ2) is 16.4. The quantitative estimate of drug-likeness (QED) is 0.126. The van der Waals surface area contributed by atoms with Crippen LogP contribution in [0.2, 0.25) is 0 Å². The number of amides is 1. The van der Waals surface area contributed by atoms with Gasteiger partial charge < -0.3 is 30.9 Å². The number of rotatable bonds is 10. The molecule has 8 nitrogen and oxygen atoms in total. The van der Waals surface area contributed by atoms with E-state index in [0.29, 0.717) is 37.4 Å². The predicted octanol–water partition coefficient (Wildman–Crippen LogP) is 10.6. The Kier molecular flexibility index (Phi) is 13.1. The van der Waals surface area contributed by atoms with Gasteiger partial charge in [-0.2, -0.15) is 0 Å². The van der Waals surface area contributed by atoms with Crippen LogP contribution in [0.5, 0.6) is 11.5 Å². The molecular formula is C38H45Br2N3O5. The molecule has 0 aromatic heterocycles. The minimum absolute atomic E-state index is 0.0718. The number of hydrogen-bond donors (Lipinski definition) is 4. The van der Waals surface area contributed by atoms with Crippen LogP contribution in [-0.4, -0.2) is 29.2 Å². The zero-order chi connectivity index (χ0) is 36.0. The van der Waals surface area contributed by atoms with E-state index in [9.17, 15) is 14.7 Å².